The van der Waals surface area contributed by atoms with E-state index < -0.39 is 29.4 Å². The number of carboxylic acid groups (broad SMARTS) is 1. The molecule has 0 aromatic heterocycles. The monoisotopic (exact) mass is 422 g/mol. The molecule has 1 unspecified atom stereocenters. The largest absolute Gasteiger partial charge is 0.481 e. The zero-order valence-electron chi connectivity index (χ0n) is 17.4. The molecule has 1 saturated carbocycles. The van der Waals surface area contributed by atoms with Crippen LogP contribution in [0.4, 0.5) is 4.79 Å². The molecule has 2 amide bonds. The number of hydrogen-bond acceptors (Lipinski definition) is 4. The van der Waals surface area contributed by atoms with Crippen LogP contribution in [0.25, 0.3) is 11.1 Å². The Bertz CT molecular complexity index is 969. The first-order valence-electron chi connectivity index (χ1n) is 10.6. The molecular weight excluding hydrogens is 396 g/mol. The molecule has 4 rings (SSSR count). The molecule has 0 aliphatic heterocycles. The molecule has 7 nitrogen and oxygen atoms in total. The smallest absolute Gasteiger partial charge is 0.407 e. The summed E-state index contributed by atoms with van der Waals surface area (Å²) in [5.74, 6) is -1.36. The summed E-state index contributed by atoms with van der Waals surface area (Å²) >= 11 is 0. The first kappa shape index (κ1) is 20.9. The topological polar surface area (TPSA) is 105 Å². The number of carbonyl (C=O) groups is 3. The summed E-state index contributed by atoms with van der Waals surface area (Å²) in [5.41, 5.74) is 3.67. The predicted molar refractivity (Wildman–Crippen MR) is 115 cm³/mol. The summed E-state index contributed by atoms with van der Waals surface area (Å²) in [5, 5.41) is 14.5. The maximum absolute atomic E-state index is 12.4. The van der Waals surface area contributed by atoms with Crippen LogP contribution in [0.15, 0.2) is 48.5 Å². The normalized spacial score (nSPS) is 16.5. The van der Waals surface area contributed by atoms with Crippen molar-refractivity contribution < 1.29 is 24.2 Å². The second-order valence-electron chi connectivity index (χ2n) is 8.23. The third kappa shape index (κ3) is 4.13. The van der Waals surface area contributed by atoms with Crippen LogP contribution in [0.1, 0.15) is 43.2 Å². The Morgan fingerprint density at radius 2 is 1.65 bits per heavy atom. The van der Waals surface area contributed by atoms with Crippen LogP contribution >= 0.6 is 0 Å². The van der Waals surface area contributed by atoms with E-state index >= 15 is 0 Å². The van der Waals surface area contributed by atoms with Crippen molar-refractivity contribution in [3.63, 3.8) is 0 Å². The second kappa shape index (κ2) is 8.41. The lowest BCUT2D eigenvalue weighted by atomic mass is 9.98. The summed E-state index contributed by atoms with van der Waals surface area (Å²) in [6.07, 6.45) is 0.817. The molecule has 2 aliphatic carbocycles. The van der Waals surface area contributed by atoms with E-state index in [0.29, 0.717) is 19.3 Å². The number of carboxylic acids is 1. The number of hydrogen-bond donors (Lipinski definition) is 3. The molecule has 0 saturated heterocycles. The van der Waals surface area contributed by atoms with E-state index in [0.717, 1.165) is 22.3 Å². The number of benzene rings is 2. The van der Waals surface area contributed by atoms with Crippen molar-refractivity contribution in [1.29, 1.82) is 0 Å². The Morgan fingerprint density at radius 1 is 1.06 bits per heavy atom. The Kier molecular flexibility index (Phi) is 5.67. The highest BCUT2D eigenvalue weighted by Gasteiger charge is 2.50. The van der Waals surface area contributed by atoms with Crippen molar-refractivity contribution >= 4 is 18.0 Å². The summed E-state index contributed by atoms with van der Waals surface area (Å²) in [6, 6.07) is 15.4. The number of ether oxygens (including phenoxy) is 1. The van der Waals surface area contributed by atoms with Gasteiger partial charge in [-0.3, -0.25) is 9.59 Å². The van der Waals surface area contributed by atoms with Crippen LogP contribution in [0.3, 0.4) is 0 Å². The van der Waals surface area contributed by atoms with Crippen LogP contribution < -0.4 is 10.6 Å². The molecule has 3 N–H and O–H groups in total. The number of fused-ring (bicyclic) bond motifs is 3. The number of aliphatic carboxylic acids is 1. The zero-order chi connectivity index (χ0) is 22.0. The van der Waals surface area contributed by atoms with E-state index in [-0.39, 0.29) is 19.1 Å². The van der Waals surface area contributed by atoms with E-state index in [9.17, 15) is 19.5 Å². The highest BCUT2D eigenvalue weighted by molar-refractivity contribution is 5.87. The molecule has 0 spiro atoms. The Hall–Kier alpha value is -3.35. The van der Waals surface area contributed by atoms with Crippen LogP contribution in [0.5, 0.6) is 0 Å². The molecule has 162 valence electrons. The first-order chi connectivity index (χ1) is 14.9. The lowest BCUT2D eigenvalue weighted by Crippen LogP contribution is -2.48. The van der Waals surface area contributed by atoms with E-state index in [1.165, 1.54) is 0 Å². The quantitative estimate of drug-likeness (QED) is 0.606. The molecule has 7 heteroatoms. The number of nitrogens with one attached hydrogen (secondary N) is 2. The van der Waals surface area contributed by atoms with Gasteiger partial charge in [-0.2, -0.15) is 0 Å². The van der Waals surface area contributed by atoms with Gasteiger partial charge in [0, 0.05) is 12.5 Å². The third-order valence-corrected chi connectivity index (χ3v) is 6.27. The van der Waals surface area contributed by atoms with Gasteiger partial charge < -0.3 is 20.5 Å². The van der Waals surface area contributed by atoms with Crippen LogP contribution in [-0.4, -0.2) is 42.3 Å². The van der Waals surface area contributed by atoms with Gasteiger partial charge in [-0.15, -0.1) is 0 Å². The summed E-state index contributed by atoms with van der Waals surface area (Å²) in [4.78, 5) is 36.1. The maximum atomic E-state index is 12.4. The molecular formula is C24H26N2O5. The Balaban J connectivity index is 1.34. The summed E-state index contributed by atoms with van der Waals surface area (Å²) < 4.78 is 5.49. The summed E-state index contributed by atoms with van der Waals surface area (Å²) in [6.45, 7) is 2.02. The molecule has 0 bridgehead atoms. The van der Waals surface area contributed by atoms with Gasteiger partial charge in [0.2, 0.25) is 5.91 Å². The number of alkyl carbamates (subject to hydrolysis) is 1. The molecule has 0 heterocycles. The van der Waals surface area contributed by atoms with Crippen molar-refractivity contribution in [2.45, 2.75) is 38.1 Å². The maximum Gasteiger partial charge on any atom is 0.407 e. The van der Waals surface area contributed by atoms with Gasteiger partial charge in [0.15, 0.2) is 0 Å². The highest BCUT2D eigenvalue weighted by atomic mass is 16.5. The Morgan fingerprint density at radius 3 is 2.16 bits per heavy atom. The fraction of sp³-hybridized carbons (Fsp3) is 0.375. The molecule has 2 aromatic carbocycles. The van der Waals surface area contributed by atoms with E-state index in [4.69, 9.17) is 4.74 Å². The van der Waals surface area contributed by atoms with Gasteiger partial charge in [0.1, 0.15) is 12.6 Å². The lowest BCUT2D eigenvalue weighted by molar-refractivity contribution is -0.143. The minimum absolute atomic E-state index is 0.0580. The molecule has 1 fully saturated rings. The van der Waals surface area contributed by atoms with Gasteiger partial charge in [-0.25, -0.2) is 4.79 Å². The van der Waals surface area contributed by atoms with Crippen molar-refractivity contribution in [2.24, 2.45) is 5.41 Å². The van der Waals surface area contributed by atoms with Crippen molar-refractivity contribution in [3.8, 4) is 11.1 Å². The van der Waals surface area contributed by atoms with Gasteiger partial charge in [-0.1, -0.05) is 55.5 Å². The second-order valence-corrected chi connectivity index (χ2v) is 8.23. The third-order valence-electron chi connectivity index (χ3n) is 6.27. The van der Waals surface area contributed by atoms with E-state index in [1.807, 2.05) is 36.4 Å². The van der Waals surface area contributed by atoms with Crippen molar-refractivity contribution in [2.75, 3.05) is 13.2 Å². The van der Waals surface area contributed by atoms with Gasteiger partial charge in [-0.05, 0) is 41.5 Å². The van der Waals surface area contributed by atoms with Crippen LogP contribution in [0, 0.1) is 5.41 Å². The minimum Gasteiger partial charge on any atom is -0.481 e. The first-order valence-corrected chi connectivity index (χ1v) is 10.6. The number of carbonyl (C=O) groups excluding carboxylic acids is 2. The van der Waals surface area contributed by atoms with E-state index in [1.54, 1.807) is 6.92 Å². The highest BCUT2D eigenvalue weighted by Crippen LogP contribution is 2.45. The average Bonchev–Trinajstić information content (AvgIpc) is 3.52. The van der Waals surface area contributed by atoms with E-state index in [2.05, 4.69) is 22.8 Å². The molecule has 31 heavy (non-hydrogen) atoms. The summed E-state index contributed by atoms with van der Waals surface area (Å²) in [7, 11) is 0. The minimum atomic E-state index is -0.898. The zero-order valence-corrected chi connectivity index (χ0v) is 17.4. The molecule has 2 aromatic rings. The SMILES string of the molecule is CCC(NC(=O)OCC1c2ccccc2-c2ccccc21)C(=O)NCC1(C(=O)O)CC1. The van der Waals surface area contributed by atoms with Gasteiger partial charge >= 0.3 is 12.1 Å². The fourth-order valence-electron chi connectivity index (χ4n) is 4.13. The van der Waals surface area contributed by atoms with Crippen LogP contribution in [-0.2, 0) is 14.3 Å². The van der Waals surface area contributed by atoms with Crippen molar-refractivity contribution in [3.05, 3.63) is 59.7 Å². The van der Waals surface area contributed by atoms with Gasteiger partial charge in [0.25, 0.3) is 0 Å². The fourth-order valence-corrected chi connectivity index (χ4v) is 4.13. The lowest BCUT2D eigenvalue weighted by Gasteiger charge is -2.19. The molecule has 2 aliphatic rings. The number of amides is 2. The average molecular weight is 422 g/mol. The van der Waals surface area contributed by atoms with Crippen molar-refractivity contribution in [1.82, 2.24) is 10.6 Å². The van der Waals surface area contributed by atoms with Crippen LogP contribution in [0.2, 0.25) is 0 Å². The van der Waals surface area contributed by atoms with Gasteiger partial charge in [0.05, 0.1) is 5.41 Å². The Labute approximate surface area is 180 Å². The predicted octanol–water partition coefficient (Wildman–Crippen LogP) is 3.28. The molecule has 0 radical (unpaired) electrons. The standard InChI is InChI=1S/C24H26N2O5/c1-2-20(21(27)25-14-24(11-12-24)22(28)29)26-23(30)31-13-19-17-9-5-3-7-15(17)16-8-4-6-10-18(16)19/h3-10,19-20H,2,11-14H2,1H3,(H,25,27)(H,26,30)(H,28,29). The number of rotatable bonds is 8. The molecule has 1 atom stereocenters.